The van der Waals surface area contributed by atoms with Crippen LogP contribution in [0, 0.1) is 0 Å². The fraction of sp³-hybridized carbons (Fsp3) is 0.0556. The Morgan fingerprint density at radius 2 is 2.21 bits per heavy atom. The molecule has 0 bridgehead atoms. The van der Waals surface area contributed by atoms with Crippen LogP contribution < -0.4 is 5.32 Å². The number of aromatic nitrogens is 4. The summed E-state index contributed by atoms with van der Waals surface area (Å²) in [6.45, 7) is 5.99. The van der Waals surface area contributed by atoms with E-state index in [-0.39, 0.29) is 0 Å². The largest absolute Gasteiger partial charge is 0.337 e. The minimum Gasteiger partial charge on any atom is -0.337 e. The number of pyridine rings is 1. The van der Waals surface area contributed by atoms with E-state index in [1.807, 2.05) is 49.6 Å². The second kappa shape index (κ2) is 7.10. The van der Waals surface area contributed by atoms with Gasteiger partial charge in [0, 0.05) is 24.2 Å². The van der Waals surface area contributed by atoms with Crippen LogP contribution in [-0.2, 0) is 0 Å². The SMILES string of the molecule is C=C(/C=C\C=C/C)c1nc(Nc2ccncc2Cl)c2cccn2n1. The Morgan fingerprint density at radius 3 is 3.00 bits per heavy atom. The van der Waals surface area contributed by atoms with Crippen LogP contribution in [-0.4, -0.2) is 19.6 Å². The monoisotopic (exact) mass is 337 g/mol. The Bertz CT molecular complexity index is 939. The predicted molar refractivity (Wildman–Crippen MR) is 98.5 cm³/mol. The van der Waals surface area contributed by atoms with Gasteiger partial charge in [0.1, 0.15) is 5.52 Å². The zero-order valence-corrected chi connectivity index (χ0v) is 13.9. The number of hydrogen-bond acceptors (Lipinski definition) is 4. The van der Waals surface area contributed by atoms with Crippen LogP contribution in [0.3, 0.4) is 0 Å². The molecule has 3 aromatic rings. The van der Waals surface area contributed by atoms with Crippen LogP contribution in [0.15, 0.2) is 67.7 Å². The van der Waals surface area contributed by atoms with Crippen molar-refractivity contribution in [2.24, 2.45) is 0 Å². The number of allylic oxidation sites excluding steroid dienone is 5. The van der Waals surface area contributed by atoms with Crippen LogP contribution >= 0.6 is 11.6 Å². The lowest BCUT2D eigenvalue weighted by Gasteiger charge is -2.10. The van der Waals surface area contributed by atoms with Gasteiger partial charge in [0.15, 0.2) is 11.6 Å². The van der Waals surface area contributed by atoms with Gasteiger partial charge in [-0.2, -0.15) is 0 Å². The Hall–Kier alpha value is -2.92. The van der Waals surface area contributed by atoms with Crippen LogP contribution in [0.4, 0.5) is 11.5 Å². The zero-order chi connectivity index (χ0) is 16.9. The predicted octanol–water partition coefficient (Wildman–Crippen LogP) is 4.67. The molecule has 3 rings (SSSR count). The molecule has 0 aromatic carbocycles. The zero-order valence-electron chi connectivity index (χ0n) is 13.1. The summed E-state index contributed by atoms with van der Waals surface area (Å²) < 4.78 is 1.76. The van der Waals surface area contributed by atoms with E-state index in [0.29, 0.717) is 22.2 Å². The molecule has 6 heteroatoms. The molecule has 120 valence electrons. The molecule has 0 radical (unpaired) electrons. The molecule has 0 fully saturated rings. The molecule has 0 saturated carbocycles. The average molecular weight is 338 g/mol. The standard InChI is InChI=1S/C18H16ClN5/c1-3-4-5-7-13(2)17-22-18(16-8-6-11-24(16)23-17)21-15-9-10-20-12-14(15)19/h3-12H,2H2,1H3,(H,20,21,22,23)/b4-3-,7-5-. The van der Waals surface area contributed by atoms with Crippen molar-refractivity contribution in [1.82, 2.24) is 19.6 Å². The van der Waals surface area contributed by atoms with E-state index in [1.54, 1.807) is 23.0 Å². The van der Waals surface area contributed by atoms with E-state index in [9.17, 15) is 0 Å². The van der Waals surface area contributed by atoms with E-state index in [2.05, 4.69) is 27.0 Å². The number of rotatable bonds is 5. The van der Waals surface area contributed by atoms with Crippen LogP contribution in [0.25, 0.3) is 11.1 Å². The number of nitrogens with one attached hydrogen (secondary N) is 1. The first kappa shape index (κ1) is 16.0. The molecule has 0 spiro atoms. The van der Waals surface area contributed by atoms with Crippen molar-refractivity contribution in [2.75, 3.05) is 5.32 Å². The van der Waals surface area contributed by atoms with Gasteiger partial charge in [0.25, 0.3) is 0 Å². The summed E-state index contributed by atoms with van der Waals surface area (Å²) in [6, 6.07) is 5.63. The minimum atomic E-state index is 0.522. The molecule has 24 heavy (non-hydrogen) atoms. The molecule has 3 heterocycles. The van der Waals surface area contributed by atoms with Gasteiger partial charge in [-0.05, 0) is 25.1 Å². The lowest BCUT2D eigenvalue weighted by molar-refractivity contribution is 0.889. The summed E-state index contributed by atoms with van der Waals surface area (Å²) in [5.74, 6) is 1.19. The fourth-order valence-electron chi connectivity index (χ4n) is 2.12. The lowest BCUT2D eigenvalue weighted by Crippen LogP contribution is -2.05. The summed E-state index contributed by atoms with van der Waals surface area (Å²) in [7, 11) is 0. The number of halogens is 1. The van der Waals surface area contributed by atoms with Crippen LogP contribution in [0.5, 0.6) is 0 Å². The third-order valence-electron chi connectivity index (χ3n) is 3.30. The number of anilines is 2. The summed E-state index contributed by atoms with van der Waals surface area (Å²) >= 11 is 6.17. The molecule has 3 aromatic heterocycles. The second-order valence-electron chi connectivity index (χ2n) is 5.01. The van der Waals surface area contributed by atoms with Gasteiger partial charge in [-0.15, -0.1) is 5.10 Å². The first-order valence-corrected chi connectivity index (χ1v) is 7.77. The van der Waals surface area contributed by atoms with Crippen molar-refractivity contribution in [1.29, 1.82) is 0 Å². The highest BCUT2D eigenvalue weighted by Gasteiger charge is 2.10. The Morgan fingerprint density at radius 1 is 1.33 bits per heavy atom. The minimum absolute atomic E-state index is 0.522. The summed E-state index contributed by atoms with van der Waals surface area (Å²) in [6.07, 6.45) is 12.8. The molecule has 0 unspecified atom stereocenters. The Balaban J connectivity index is 2.02. The summed E-state index contributed by atoms with van der Waals surface area (Å²) in [5.41, 5.74) is 2.29. The van der Waals surface area contributed by atoms with Gasteiger partial charge < -0.3 is 5.32 Å². The molecule has 0 aliphatic heterocycles. The molecule has 0 atom stereocenters. The van der Waals surface area contributed by atoms with Crippen molar-refractivity contribution in [3.05, 3.63) is 78.5 Å². The second-order valence-corrected chi connectivity index (χ2v) is 5.42. The highest BCUT2D eigenvalue weighted by Crippen LogP contribution is 2.26. The Kier molecular flexibility index (Phi) is 4.72. The van der Waals surface area contributed by atoms with Gasteiger partial charge in [-0.1, -0.05) is 42.5 Å². The van der Waals surface area contributed by atoms with Crippen molar-refractivity contribution >= 4 is 34.2 Å². The van der Waals surface area contributed by atoms with Gasteiger partial charge in [0.05, 0.1) is 10.7 Å². The fourth-order valence-corrected chi connectivity index (χ4v) is 2.29. The number of nitrogens with zero attached hydrogens (tertiary/aromatic N) is 4. The van der Waals surface area contributed by atoms with E-state index in [0.717, 1.165) is 11.2 Å². The third kappa shape index (κ3) is 3.36. The molecular formula is C18H16ClN5. The van der Waals surface area contributed by atoms with Crippen molar-refractivity contribution in [3.8, 4) is 0 Å². The highest BCUT2D eigenvalue weighted by molar-refractivity contribution is 6.33. The quantitative estimate of drug-likeness (QED) is 0.687. The van der Waals surface area contributed by atoms with Gasteiger partial charge in [-0.3, -0.25) is 4.98 Å². The van der Waals surface area contributed by atoms with E-state index >= 15 is 0 Å². The maximum Gasteiger partial charge on any atom is 0.181 e. The maximum absolute atomic E-state index is 6.17. The lowest BCUT2D eigenvalue weighted by atomic mass is 10.2. The molecule has 0 aliphatic carbocycles. The topological polar surface area (TPSA) is 55.1 Å². The van der Waals surface area contributed by atoms with E-state index in [1.165, 1.54) is 0 Å². The first-order valence-electron chi connectivity index (χ1n) is 7.39. The molecule has 0 saturated heterocycles. The number of fused-ring (bicyclic) bond motifs is 1. The maximum atomic E-state index is 6.17. The molecule has 1 N–H and O–H groups in total. The summed E-state index contributed by atoms with van der Waals surface area (Å²) in [4.78, 5) is 8.58. The number of hydrogen-bond donors (Lipinski definition) is 1. The Labute approximate surface area is 145 Å². The van der Waals surface area contributed by atoms with E-state index in [4.69, 9.17) is 11.6 Å². The van der Waals surface area contributed by atoms with Crippen molar-refractivity contribution < 1.29 is 0 Å². The van der Waals surface area contributed by atoms with E-state index < -0.39 is 0 Å². The molecule has 0 amide bonds. The molecule has 0 aliphatic rings. The van der Waals surface area contributed by atoms with Crippen molar-refractivity contribution in [3.63, 3.8) is 0 Å². The van der Waals surface area contributed by atoms with Crippen LogP contribution in [0.2, 0.25) is 5.02 Å². The molecular weight excluding hydrogens is 322 g/mol. The molecule has 5 nitrogen and oxygen atoms in total. The smallest absolute Gasteiger partial charge is 0.181 e. The normalized spacial score (nSPS) is 11.6. The average Bonchev–Trinajstić information content (AvgIpc) is 3.06. The first-order chi connectivity index (χ1) is 11.7. The van der Waals surface area contributed by atoms with Gasteiger partial charge in [-0.25, -0.2) is 9.50 Å². The van der Waals surface area contributed by atoms with Crippen molar-refractivity contribution in [2.45, 2.75) is 6.92 Å². The summed E-state index contributed by atoms with van der Waals surface area (Å²) in [5, 5.41) is 8.25. The van der Waals surface area contributed by atoms with Crippen LogP contribution in [0.1, 0.15) is 12.7 Å². The van der Waals surface area contributed by atoms with Gasteiger partial charge >= 0.3 is 0 Å². The third-order valence-corrected chi connectivity index (χ3v) is 3.61. The highest BCUT2D eigenvalue weighted by atomic mass is 35.5. The van der Waals surface area contributed by atoms with Gasteiger partial charge in [0.2, 0.25) is 0 Å².